The van der Waals surface area contributed by atoms with E-state index in [2.05, 4.69) is 25.8 Å². The molecule has 0 aromatic carbocycles. The Hall–Kier alpha value is -1.62. The first-order chi connectivity index (χ1) is 13.3. The van der Waals surface area contributed by atoms with E-state index < -0.39 is 10.2 Å². The summed E-state index contributed by atoms with van der Waals surface area (Å²) in [5.74, 6) is 0.703. The lowest BCUT2D eigenvalue weighted by Crippen LogP contribution is -2.53. The number of hydrogen-bond donors (Lipinski definition) is 0. The Morgan fingerprint density at radius 1 is 1.07 bits per heavy atom. The van der Waals surface area contributed by atoms with E-state index in [4.69, 9.17) is 4.98 Å². The summed E-state index contributed by atoms with van der Waals surface area (Å²) in [7, 11) is -0.421. The number of carbonyl (C=O) groups excluding carboxylic acids is 1. The van der Waals surface area contributed by atoms with Crippen LogP contribution in [0.2, 0.25) is 0 Å². The van der Waals surface area contributed by atoms with E-state index in [-0.39, 0.29) is 11.3 Å². The number of fused-ring (bicyclic) bond motifs is 1. The van der Waals surface area contributed by atoms with Crippen LogP contribution in [-0.2, 0) is 15.6 Å². The summed E-state index contributed by atoms with van der Waals surface area (Å²) >= 11 is 1.40. The Morgan fingerprint density at radius 3 is 2.17 bits per heavy atom. The van der Waals surface area contributed by atoms with Crippen molar-refractivity contribution in [3.05, 3.63) is 22.0 Å². The first kappa shape index (κ1) is 22.1. The van der Waals surface area contributed by atoms with Gasteiger partial charge in [0.2, 0.25) is 0 Å². The molecule has 1 aliphatic heterocycles. The molecule has 0 atom stereocenters. The lowest BCUT2D eigenvalue weighted by atomic mass is 9.95. The van der Waals surface area contributed by atoms with Gasteiger partial charge in [0.15, 0.2) is 0 Å². The fraction of sp³-hybridized carbons (Fsp3) is 0.632. The predicted molar refractivity (Wildman–Crippen MR) is 116 cm³/mol. The molecule has 1 aliphatic rings. The van der Waals surface area contributed by atoms with E-state index in [0.29, 0.717) is 31.1 Å². The topological polar surface area (TPSA) is 86.7 Å². The normalized spacial score (nSPS) is 16.8. The molecule has 1 saturated heterocycles. The van der Waals surface area contributed by atoms with Gasteiger partial charge in [0.1, 0.15) is 10.7 Å². The van der Waals surface area contributed by atoms with E-state index in [0.717, 1.165) is 27.3 Å². The second-order valence-corrected chi connectivity index (χ2v) is 11.7. The Labute approximate surface area is 176 Å². The van der Waals surface area contributed by atoms with Crippen LogP contribution in [0.1, 0.15) is 47.5 Å². The van der Waals surface area contributed by atoms with Gasteiger partial charge in [0.25, 0.3) is 16.1 Å². The molecule has 1 fully saturated rings. The van der Waals surface area contributed by atoms with Gasteiger partial charge >= 0.3 is 0 Å². The third kappa shape index (κ3) is 4.03. The quantitative estimate of drug-likeness (QED) is 0.732. The largest absolute Gasteiger partial charge is 0.335 e. The molecule has 0 radical (unpaired) electrons. The second-order valence-electron chi connectivity index (χ2n) is 8.60. The highest BCUT2D eigenvalue weighted by molar-refractivity contribution is 7.86. The maximum absolute atomic E-state index is 13.2. The molecule has 3 heterocycles. The lowest BCUT2D eigenvalue weighted by molar-refractivity contribution is 0.0699. The van der Waals surface area contributed by atoms with E-state index >= 15 is 0 Å². The van der Waals surface area contributed by atoms with Gasteiger partial charge in [0.05, 0.1) is 10.6 Å². The fourth-order valence-electron chi connectivity index (χ4n) is 3.37. The van der Waals surface area contributed by atoms with Crippen molar-refractivity contribution in [2.45, 2.75) is 40.0 Å². The molecule has 160 valence electrons. The molecular weight excluding hydrogens is 410 g/mol. The van der Waals surface area contributed by atoms with Crippen LogP contribution in [0.4, 0.5) is 0 Å². The zero-order valence-corrected chi connectivity index (χ0v) is 19.7. The number of thiophene rings is 1. The van der Waals surface area contributed by atoms with Gasteiger partial charge in [-0.05, 0) is 19.4 Å². The molecule has 0 N–H and O–H groups in total. The molecule has 0 saturated carbocycles. The van der Waals surface area contributed by atoms with Crippen LogP contribution in [0.25, 0.3) is 10.2 Å². The van der Waals surface area contributed by atoms with Crippen LogP contribution in [0, 0.1) is 13.8 Å². The van der Waals surface area contributed by atoms with Crippen LogP contribution < -0.4 is 0 Å². The van der Waals surface area contributed by atoms with Gasteiger partial charge < -0.3 is 4.90 Å². The molecule has 0 bridgehead atoms. The summed E-state index contributed by atoms with van der Waals surface area (Å²) in [6, 6.07) is 0. The first-order valence-corrected chi connectivity index (χ1v) is 11.8. The standard InChI is InChI=1S/C19H29N5O3S2/c1-12-14-13(2)20-18(19(3,4)5)21-16(14)28-15(12)17(25)23-8-10-24(11-9-23)29(26,27)22(6)7/h8-11H2,1-7H3. The minimum atomic E-state index is -3.45. The Balaban J connectivity index is 1.87. The minimum absolute atomic E-state index is 0.0656. The van der Waals surface area contributed by atoms with Crippen molar-refractivity contribution in [3.8, 4) is 0 Å². The summed E-state index contributed by atoms with van der Waals surface area (Å²) in [5.41, 5.74) is 1.61. The number of nitrogens with zero attached hydrogens (tertiary/aromatic N) is 5. The Bertz CT molecular complexity index is 1050. The smallest absolute Gasteiger partial charge is 0.281 e. The summed E-state index contributed by atoms with van der Waals surface area (Å²) in [6.07, 6.45) is 0. The average Bonchev–Trinajstić information content (AvgIpc) is 2.97. The zero-order chi connectivity index (χ0) is 21.7. The first-order valence-electron chi connectivity index (χ1n) is 9.59. The van der Waals surface area contributed by atoms with Crippen LogP contribution in [0.5, 0.6) is 0 Å². The van der Waals surface area contributed by atoms with Crippen molar-refractivity contribution in [2.24, 2.45) is 0 Å². The molecule has 3 rings (SSSR count). The zero-order valence-electron chi connectivity index (χ0n) is 18.1. The van der Waals surface area contributed by atoms with Gasteiger partial charge in [-0.15, -0.1) is 11.3 Å². The number of rotatable bonds is 3. The number of piperazine rings is 1. The molecule has 0 spiro atoms. The van der Waals surface area contributed by atoms with Gasteiger partial charge in [-0.3, -0.25) is 4.79 Å². The number of amides is 1. The molecule has 10 heteroatoms. The molecule has 8 nitrogen and oxygen atoms in total. The number of hydrogen-bond acceptors (Lipinski definition) is 6. The number of aryl methyl sites for hydroxylation is 2. The SMILES string of the molecule is Cc1nc(C(C)(C)C)nc2sc(C(=O)N3CCN(S(=O)(=O)N(C)C)CC3)c(C)c12. The Morgan fingerprint density at radius 2 is 1.66 bits per heavy atom. The fourth-order valence-corrected chi connectivity index (χ4v) is 5.66. The number of carbonyl (C=O) groups is 1. The number of aromatic nitrogens is 2. The Kier molecular flexibility index (Phi) is 5.76. The van der Waals surface area contributed by atoms with Crippen LogP contribution in [0.15, 0.2) is 0 Å². The second kappa shape index (κ2) is 7.57. The highest BCUT2D eigenvalue weighted by atomic mass is 32.2. The van der Waals surface area contributed by atoms with Crippen molar-refractivity contribution in [3.63, 3.8) is 0 Å². The maximum Gasteiger partial charge on any atom is 0.281 e. The van der Waals surface area contributed by atoms with Crippen LogP contribution in [-0.4, -0.2) is 78.1 Å². The van der Waals surface area contributed by atoms with E-state index in [1.54, 1.807) is 4.90 Å². The highest BCUT2D eigenvalue weighted by Crippen LogP contribution is 2.34. The third-order valence-electron chi connectivity index (χ3n) is 5.15. The predicted octanol–water partition coefficient (Wildman–Crippen LogP) is 2.17. The summed E-state index contributed by atoms with van der Waals surface area (Å²) in [5, 5.41) is 0.945. The third-order valence-corrected chi connectivity index (χ3v) is 8.26. The highest BCUT2D eigenvalue weighted by Gasteiger charge is 2.32. The minimum Gasteiger partial charge on any atom is -0.335 e. The summed E-state index contributed by atoms with van der Waals surface area (Å²) < 4.78 is 27.2. The molecule has 29 heavy (non-hydrogen) atoms. The van der Waals surface area contributed by atoms with Crippen molar-refractivity contribution in [2.75, 3.05) is 40.3 Å². The molecule has 0 unspecified atom stereocenters. The van der Waals surface area contributed by atoms with E-state index in [1.807, 2.05) is 13.8 Å². The van der Waals surface area contributed by atoms with Crippen molar-refractivity contribution in [1.82, 2.24) is 23.5 Å². The van der Waals surface area contributed by atoms with E-state index in [9.17, 15) is 13.2 Å². The molecule has 1 amide bonds. The van der Waals surface area contributed by atoms with Gasteiger partial charge in [-0.1, -0.05) is 20.8 Å². The molecule has 2 aromatic heterocycles. The van der Waals surface area contributed by atoms with Gasteiger partial charge in [-0.25, -0.2) is 9.97 Å². The lowest BCUT2D eigenvalue weighted by Gasteiger charge is -2.35. The van der Waals surface area contributed by atoms with Gasteiger partial charge in [0, 0.05) is 51.1 Å². The molecule has 2 aromatic rings. The van der Waals surface area contributed by atoms with E-state index in [1.165, 1.54) is 34.0 Å². The molecule has 0 aliphatic carbocycles. The van der Waals surface area contributed by atoms with Crippen molar-refractivity contribution < 1.29 is 13.2 Å². The summed E-state index contributed by atoms with van der Waals surface area (Å²) in [4.78, 5) is 25.8. The van der Waals surface area contributed by atoms with Crippen molar-refractivity contribution >= 4 is 37.7 Å². The van der Waals surface area contributed by atoms with Crippen LogP contribution in [0.3, 0.4) is 0 Å². The average molecular weight is 440 g/mol. The maximum atomic E-state index is 13.2. The van der Waals surface area contributed by atoms with Gasteiger partial charge in [-0.2, -0.15) is 17.0 Å². The summed E-state index contributed by atoms with van der Waals surface area (Å²) in [6.45, 7) is 11.4. The molecular formula is C19H29N5O3S2. The monoisotopic (exact) mass is 439 g/mol. The van der Waals surface area contributed by atoms with Crippen LogP contribution >= 0.6 is 11.3 Å². The van der Waals surface area contributed by atoms with Crippen molar-refractivity contribution in [1.29, 1.82) is 0 Å².